The van der Waals surface area contributed by atoms with Gasteiger partial charge in [-0.25, -0.2) is 9.78 Å². The predicted octanol–water partition coefficient (Wildman–Crippen LogP) is 3.94. The number of fused-ring (bicyclic) bond motifs is 1. The molecule has 1 atom stereocenters. The van der Waals surface area contributed by atoms with Gasteiger partial charge in [0, 0.05) is 10.9 Å². The van der Waals surface area contributed by atoms with Gasteiger partial charge in [0.05, 0.1) is 25.1 Å². The Labute approximate surface area is 156 Å². The summed E-state index contributed by atoms with van der Waals surface area (Å²) in [5.74, 6) is -0.463. The minimum atomic E-state index is -1.09. The number of carboxylic acid groups (broad SMARTS) is 1. The van der Waals surface area contributed by atoms with Crippen molar-refractivity contribution in [1.29, 1.82) is 0 Å². The Kier molecular flexibility index (Phi) is 5.92. The summed E-state index contributed by atoms with van der Waals surface area (Å²) in [6.45, 7) is 5.15. The van der Waals surface area contributed by atoms with E-state index in [0.717, 1.165) is 0 Å². The average Bonchev–Trinajstić information content (AvgIpc) is 2.50. The average molecular weight is 381 g/mol. The number of carboxylic acids is 1. The summed E-state index contributed by atoms with van der Waals surface area (Å²) in [5, 5.41) is 12.6. The van der Waals surface area contributed by atoms with E-state index in [9.17, 15) is 14.7 Å². The standard InChI is InChI=1S/C18H21ClN2O5/c1-18(2,3)26-17(24)21-14(9-15(22)23)12-8-10-7-11(25-4)5-6-13(10)20-16(12)19/h5-8,14H,9H2,1-4H3,(H,21,24)(H,22,23). The fourth-order valence-electron chi connectivity index (χ4n) is 2.38. The highest BCUT2D eigenvalue weighted by atomic mass is 35.5. The second-order valence-electron chi connectivity index (χ2n) is 6.72. The summed E-state index contributed by atoms with van der Waals surface area (Å²) in [4.78, 5) is 27.6. The molecule has 0 aliphatic carbocycles. The minimum absolute atomic E-state index is 0.116. The molecule has 0 saturated heterocycles. The lowest BCUT2D eigenvalue weighted by Gasteiger charge is -2.23. The SMILES string of the molecule is COc1ccc2nc(Cl)c(C(CC(=O)O)NC(=O)OC(C)(C)C)cc2c1. The van der Waals surface area contributed by atoms with Crippen LogP contribution in [0, 0.1) is 0 Å². The number of halogens is 1. The lowest BCUT2D eigenvalue weighted by atomic mass is 10.0. The van der Waals surface area contributed by atoms with Crippen LogP contribution < -0.4 is 10.1 Å². The Bertz CT molecular complexity index is 832. The molecular weight excluding hydrogens is 360 g/mol. The molecule has 0 fully saturated rings. The van der Waals surface area contributed by atoms with Crippen molar-refractivity contribution in [3.05, 3.63) is 35.0 Å². The summed E-state index contributed by atoms with van der Waals surface area (Å²) in [7, 11) is 1.54. The Morgan fingerprint density at radius 2 is 2.00 bits per heavy atom. The summed E-state index contributed by atoms with van der Waals surface area (Å²) < 4.78 is 10.4. The molecule has 26 heavy (non-hydrogen) atoms. The number of amides is 1. The molecule has 140 valence electrons. The highest BCUT2D eigenvalue weighted by Gasteiger charge is 2.25. The number of aliphatic carboxylic acids is 1. The predicted molar refractivity (Wildman–Crippen MR) is 97.7 cm³/mol. The third kappa shape index (κ3) is 5.23. The van der Waals surface area contributed by atoms with E-state index in [1.54, 1.807) is 52.1 Å². The number of hydrogen-bond acceptors (Lipinski definition) is 5. The van der Waals surface area contributed by atoms with E-state index < -0.39 is 23.7 Å². The van der Waals surface area contributed by atoms with Crippen molar-refractivity contribution in [2.75, 3.05) is 7.11 Å². The molecular formula is C18H21ClN2O5. The Morgan fingerprint density at radius 1 is 1.31 bits per heavy atom. The van der Waals surface area contributed by atoms with E-state index >= 15 is 0 Å². The first-order valence-corrected chi connectivity index (χ1v) is 8.32. The fraction of sp³-hybridized carbons (Fsp3) is 0.389. The van der Waals surface area contributed by atoms with Gasteiger partial charge < -0.3 is 19.9 Å². The number of aromatic nitrogens is 1. The third-order valence-electron chi connectivity index (χ3n) is 3.45. The summed E-state index contributed by atoms with van der Waals surface area (Å²) in [6, 6.07) is 6.06. The van der Waals surface area contributed by atoms with Gasteiger partial charge in [0.2, 0.25) is 0 Å². The van der Waals surface area contributed by atoms with Gasteiger partial charge >= 0.3 is 12.1 Å². The highest BCUT2D eigenvalue weighted by Crippen LogP contribution is 2.30. The summed E-state index contributed by atoms with van der Waals surface area (Å²) in [6.07, 6.45) is -1.10. The molecule has 1 aromatic carbocycles. The first-order valence-electron chi connectivity index (χ1n) is 7.94. The molecule has 1 aromatic heterocycles. The van der Waals surface area contributed by atoms with Crippen molar-refractivity contribution in [2.45, 2.75) is 38.8 Å². The highest BCUT2D eigenvalue weighted by molar-refractivity contribution is 6.30. The molecule has 2 aromatic rings. The van der Waals surface area contributed by atoms with Crippen LogP contribution >= 0.6 is 11.6 Å². The second kappa shape index (κ2) is 7.78. The van der Waals surface area contributed by atoms with Crippen LogP contribution in [0.5, 0.6) is 5.75 Å². The zero-order valence-electron chi connectivity index (χ0n) is 15.0. The molecule has 0 aliphatic rings. The molecule has 0 radical (unpaired) electrons. The van der Waals surface area contributed by atoms with Gasteiger partial charge in [0.1, 0.15) is 16.5 Å². The second-order valence-corrected chi connectivity index (χ2v) is 7.08. The van der Waals surface area contributed by atoms with Gasteiger partial charge in [-0.1, -0.05) is 11.6 Å². The first-order chi connectivity index (χ1) is 12.1. The van der Waals surface area contributed by atoms with Crippen LogP contribution in [0.25, 0.3) is 10.9 Å². The van der Waals surface area contributed by atoms with E-state index in [-0.39, 0.29) is 11.6 Å². The van der Waals surface area contributed by atoms with Crippen molar-refractivity contribution in [1.82, 2.24) is 10.3 Å². The van der Waals surface area contributed by atoms with E-state index in [0.29, 0.717) is 22.2 Å². The smallest absolute Gasteiger partial charge is 0.408 e. The molecule has 0 spiro atoms. The lowest BCUT2D eigenvalue weighted by molar-refractivity contribution is -0.137. The van der Waals surface area contributed by atoms with Gasteiger partial charge in [0.15, 0.2) is 0 Å². The van der Waals surface area contributed by atoms with Crippen molar-refractivity contribution in [2.24, 2.45) is 0 Å². The normalized spacial score (nSPS) is 12.5. The fourth-order valence-corrected chi connectivity index (χ4v) is 2.66. The van der Waals surface area contributed by atoms with Crippen LogP contribution in [0.4, 0.5) is 4.79 Å². The number of ether oxygens (including phenoxy) is 2. The molecule has 8 heteroatoms. The van der Waals surface area contributed by atoms with Crippen LogP contribution in [-0.2, 0) is 9.53 Å². The first kappa shape index (κ1) is 19.8. The Hall–Kier alpha value is -2.54. The van der Waals surface area contributed by atoms with E-state index in [1.165, 1.54) is 0 Å². The number of nitrogens with one attached hydrogen (secondary N) is 1. The maximum Gasteiger partial charge on any atom is 0.408 e. The molecule has 2 N–H and O–H groups in total. The topological polar surface area (TPSA) is 97.8 Å². The quantitative estimate of drug-likeness (QED) is 0.762. The monoisotopic (exact) mass is 380 g/mol. The number of pyridine rings is 1. The van der Waals surface area contributed by atoms with Gasteiger partial charge in [-0.15, -0.1) is 0 Å². The van der Waals surface area contributed by atoms with Crippen molar-refractivity contribution in [3.63, 3.8) is 0 Å². The third-order valence-corrected chi connectivity index (χ3v) is 3.75. The minimum Gasteiger partial charge on any atom is -0.497 e. The van der Waals surface area contributed by atoms with Gasteiger partial charge in [-0.3, -0.25) is 4.79 Å². The lowest BCUT2D eigenvalue weighted by Crippen LogP contribution is -2.36. The molecule has 2 rings (SSSR count). The van der Waals surface area contributed by atoms with Crippen molar-refractivity contribution < 1.29 is 24.2 Å². The number of hydrogen-bond donors (Lipinski definition) is 2. The zero-order chi connectivity index (χ0) is 19.5. The number of methoxy groups -OCH3 is 1. The molecule has 1 unspecified atom stereocenters. The van der Waals surface area contributed by atoms with E-state index in [1.807, 2.05) is 0 Å². The Morgan fingerprint density at radius 3 is 2.58 bits per heavy atom. The van der Waals surface area contributed by atoms with Gasteiger partial charge in [0.25, 0.3) is 0 Å². The molecule has 0 bridgehead atoms. The number of alkyl carbamates (subject to hydrolysis) is 1. The van der Waals surface area contributed by atoms with Crippen LogP contribution in [0.15, 0.2) is 24.3 Å². The van der Waals surface area contributed by atoms with E-state index in [4.69, 9.17) is 21.1 Å². The summed E-state index contributed by atoms with van der Waals surface area (Å²) >= 11 is 6.24. The largest absolute Gasteiger partial charge is 0.497 e. The van der Waals surface area contributed by atoms with Crippen LogP contribution in [-0.4, -0.2) is 34.9 Å². The molecule has 0 saturated carbocycles. The Balaban J connectivity index is 2.41. The van der Waals surface area contributed by atoms with Crippen LogP contribution in [0.1, 0.15) is 38.8 Å². The molecule has 1 amide bonds. The van der Waals surface area contributed by atoms with Gasteiger partial charge in [-0.2, -0.15) is 0 Å². The van der Waals surface area contributed by atoms with Crippen molar-refractivity contribution >= 4 is 34.6 Å². The summed E-state index contributed by atoms with van der Waals surface area (Å²) in [5.41, 5.74) is 0.308. The van der Waals surface area contributed by atoms with E-state index in [2.05, 4.69) is 10.3 Å². The molecule has 0 aliphatic heterocycles. The van der Waals surface area contributed by atoms with Crippen LogP contribution in [0.2, 0.25) is 5.15 Å². The number of carbonyl (C=O) groups is 2. The zero-order valence-corrected chi connectivity index (χ0v) is 15.8. The van der Waals surface area contributed by atoms with Gasteiger partial charge in [-0.05, 0) is 45.0 Å². The number of rotatable bonds is 5. The van der Waals surface area contributed by atoms with Crippen molar-refractivity contribution in [3.8, 4) is 5.75 Å². The maximum absolute atomic E-state index is 12.1. The van der Waals surface area contributed by atoms with Crippen LogP contribution in [0.3, 0.4) is 0 Å². The molecule has 7 nitrogen and oxygen atoms in total. The molecule has 1 heterocycles. The number of carbonyl (C=O) groups excluding carboxylic acids is 1. The number of benzene rings is 1. The number of nitrogens with zero attached hydrogens (tertiary/aromatic N) is 1. The maximum atomic E-state index is 12.1.